The van der Waals surface area contributed by atoms with Crippen LogP contribution >= 0.6 is 11.6 Å². The summed E-state index contributed by atoms with van der Waals surface area (Å²) in [5.74, 6) is -1.65. The quantitative estimate of drug-likeness (QED) is 0.746. The summed E-state index contributed by atoms with van der Waals surface area (Å²) in [6.07, 6.45) is 0.721. The van der Waals surface area contributed by atoms with E-state index in [1.165, 1.54) is 0 Å². The Labute approximate surface area is 98.8 Å². The summed E-state index contributed by atoms with van der Waals surface area (Å²) in [5, 5.41) is 3.32. The van der Waals surface area contributed by atoms with Crippen molar-refractivity contribution in [1.82, 2.24) is 5.32 Å². The van der Waals surface area contributed by atoms with Gasteiger partial charge >= 0.3 is 0 Å². The van der Waals surface area contributed by atoms with Crippen LogP contribution in [0.3, 0.4) is 0 Å². The molecule has 0 saturated carbocycles. The molecule has 4 heteroatoms. The molecule has 0 amide bonds. The molecule has 16 heavy (non-hydrogen) atoms. The lowest BCUT2D eigenvalue weighted by Crippen LogP contribution is -2.17. The maximum atomic E-state index is 13.8. The summed E-state index contributed by atoms with van der Waals surface area (Å²) >= 11 is 6.02. The minimum Gasteiger partial charge on any atom is -0.313 e. The molecule has 1 N–H and O–H groups in total. The third-order valence-electron chi connectivity index (χ3n) is 3.30. The molecule has 0 spiro atoms. The second-order valence-corrected chi connectivity index (χ2v) is 5.28. The van der Waals surface area contributed by atoms with Crippen molar-refractivity contribution in [3.8, 4) is 0 Å². The van der Waals surface area contributed by atoms with Crippen molar-refractivity contribution >= 4 is 11.6 Å². The van der Waals surface area contributed by atoms with Crippen LogP contribution in [0.5, 0.6) is 0 Å². The van der Waals surface area contributed by atoms with Crippen LogP contribution in [-0.4, -0.2) is 7.05 Å². The third-order valence-corrected chi connectivity index (χ3v) is 3.59. The fourth-order valence-electron chi connectivity index (χ4n) is 2.59. The molecule has 0 aliphatic heterocycles. The van der Waals surface area contributed by atoms with Crippen molar-refractivity contribution in [2.24, 2.45) is 0 Å². The number of nitrogens with one attached hydrogen (secondary N) is 1. The molecule has 0 aromatic heterocycles. The van der Waals surface area contributed by atoms with Gasteiger partial charge in [0.1, 0.15) is 0 Å². The molecule has 0 bridgehead atoms. The number of hydrogen-bond donors (Lipinski definition) is 1. The van der Waals surface area contributed by atoms with E-state index in [-0.39, 0.29) is 11.5 Å². The molecule has 88 valence electrons. The maximum Gasteiger partial charge on any atom is 0.163 e. The van der Waals surface area contributed by atoms with Gasteiger partial charge in [0.25, 0.3) is 0 Å². The van der Waals surface area contributed by atoms with E-state index < -0.39 is 11.6 Å². The Bertz CT molecular complexity index is 443. The van der Waals surface area contributed by atoms with Gasteiger partial charge in [-0.25, -0.2) is 8.78 Å². The lowest BCUT2D eigenvalue weighted by atomic mass is 9.86. The van der Waals surface area contributed by atoms with Crippen LogP contribution in [-0.2, 0) is 5.41 Å². The number of rotatable bonds is 1. The molecule has 0 saturated heterocycles. The Morgan fingerprint density at radius 2 is 2.06 bits per heavy atom. The van der Waals surface area contributed by atoms with E-state index in [9.17, 15) is 8.78 Å². The Morgan fingerprint density at radius 3 is 2.62 bits per heavy atom. The first kappa shape index (κ1) is 11.8. The summed E-state index contributed by atoms with van der Waals surface area (Å²) in [7, 11) is 1.74. The zero-order valence-electron chi connectivity index (χ0n) is 9.50. The number of fused-ring (bicyclic) bond motifs is 1. The van der Waals surface area contributed by atoms with Gasteiger partial charge in [0.05, 0.1) is 0 Å². The monoisotopic (exact) mass is 245 g/mol. The van der Waals surface area contributed by atoms with Gasteiger partial charge in [0.15, 0.2) is 11.6 Å². The highest BCUT2D eigenvalue weighted by atomic mass is 35.5. The Balaban J connectivity index is 2.74. The average Bonchev–Trinajstić information content (AvgIpc) is 2.46. The van der Waals surface area contributed by atoms with Gasteiger partial charge in [-0.2, -0.15) is 0 Å². The number of benzene rings is 1. The van der Waals surface area contributed by atoms with Gasteiger partial charge in [0.2, 0.25) is 0 Å². The summed E-state index contributed by atoms with van der Waals surface area (Å²) in [6.45, 7) is 3.98. The van der Waals surface area contributed by atoms with Crippen LogP contribution in [0, 0.1) is 11.6 Å². The van der Waals surface area contributed by atoms with Crippen LogP contribution < -0.4 is 5.32 Å². The molecule has 1 aliphatic carbocycles. The molecule has 1 unspecified atom stereocenters. The first-order valence-corrected chi connectivity index (χ1v) is 5.61. The first-order chi connectivity index (χ1) is 7.38. The molecule has 1 aromatic rings. The van der Waals surface area contributed by atoms with Gasteiger partial charge in [-0.15, -0.1) is 0 Å². The second kappa shape index (κ2) is 3.67. The van der Waals surface area contributed by atoms with Crippen molar-refractivity contribution in [2.45, 2.75) is 31.7 Å². The normalized spacial score (nSPS) is 22.2. The van der Waals surface area contributed by atoms with Gasteiger partial charge in [-0.1, -0.05) is 25.4 Å². The summed E-state index contributed by atoms with van der Waals surface area (Å²) in [5.41, 5.74) is 0.888. The average molecular weight is 246 g/mol. The Hall–Kier alpha value is -0.670. The Kier molecular flexibility index (Phi) is 2.71. The fraction of sp³-hybridized carbons (Fsp3) is 0.500. The Morgan fingerprint density at radius 1 is 1.44 bits per heavy atom. The van der Waals surface area contributed by atoms with Gasteiger partial charge in [-0.05, 0) is 30.5 Å². The zero-order chi connectivity index (χ0) is 12.1. The summed E-state index contributed by atoms with van der Waals surface area (Å²) in [6, 6.07) is 0.897. The first-order valence-electron chi connectivity index (χ1n) is 5.23. The van der Waals surface area contributed by atoms with Crippen LogP contribution in [0.4, 0.5) is 8.78 Å². The minimum absolute atomic E-state index is 0.168. The molecule has 1 aromatic carbocycles. The summed E-state index contributed by atoms with van der Waals surface area (Å²) < 4.78 is 27.1. The molecule has 1 nitrogen and oxygen atoms in total. The molecule has 1 aliphatic rings. The predicted molar refractivity (Wildman–Crippen MR) is 60.8 cm³/mol. The van der Waals surface area contributed by atoms with E-state index in [0.717, 1.165) is 18.1 Å². The standard InChI is InChI=1S/C12H14ClF2N/c1-12(2)5-8(16-3)9-10(12)6(13)4-7(14)11(9)15/h4,8,16H,5H2,1-3H3. The van der Waals surface area contributed by atoms with Gasteiger partial charge in [0, 0.05) is 16.6 Å². The highest BCUT2D eigenvalue weighted by molar-refractivity contribution is 6.31. The molecule has 1 atom stereocenters. The molecule has 2 rings (SSSR count). The van der Waals surface area contributed by atoms with E-state index in [1.807, 2.05) is 13.8 Å². The molecule has 0 heterocycles. The predicted octanol–water partition coefficient (Wildman–Crippen LogP) is 3.56. The summed E-state index contributed by atoms with van der Waals surface area (Å²) in [4.78, 5) is 0. The smallest absolute Gasteiger partial charge is 0.163 e. The van der Waals surface area contributed by atoms with E-state index in [2.05, 4.69) is 5.32 Å². The van der Waals surface area contributed by atoms with E-state index in [0.29, 0.717) is 10.6 Å². The van der Waals surface area contributed by atoms with E-state index in [4.69, 9.17) is 11.6 Å². The van der Waals surface area contributed by atoms with Crippen molar-refractivity contribution in [2.75, 3.05) is 7.05 Å². The second-order valence-electron chi connectivity index (χ2n) is 4.87. The van der Waals surface area contributed by atoms with Gasteiger partial charge in [-0.3, -0.25) is 0 Å². The van der Waals surface area contributed by atoms with Crippen LogP contribution in [0.1, 0.15) is 37.4 Å². The third kappa shape index (κ3) is 1.54. The maximum absolute atomic E-state index is 13.8. The van der Waals surface area contributed by atoms with Crippen molar-refractivity contribution in [1.29, 1.82) is 0 Å². The fourth-order valence-corrected chi connectivity index (χ4v) is 3.04. The van der Waals surface area contributed by atoms with Crippen molar-refractivity contribution in [3.05, 3.63) is 33.9 Å². The van der Waals surface area contributed by atoms with Crippen LogP contribution in [0.2, 0.25) is 5.02 Å². The van der Waals surface area contributed by atoms with Crippen LogP contribution in [0.15, 0.2) is 6.07 Å². The lowest BCUT2D eigenvalue weighted by Gasteiger charge is -2.20. The number of halogens is 3. The molecule has 0 fully saturated rings. The van der Waals surface area contributed by atoms with Crippen molar-refractivity contribution < 1.29 is 8.78 Å². The van der Waals surface area contributed by atoms with Gasteiger partial charge < -0.3 is 5.32 Å². The van der Waals surface area contributed by atoms with Crippen LogP contribution in [0.25, 0.3) is 0 Å². The molecular formula is C12H14ClF2N. The van der Waals surface area contributed by atoms with Crippen molar-refractivity contribution in [3.63, 3.8) is 0 Å². The largest absolute Gasteiger partial charge is 0.313 e. The number of hydrogen-bond acceptors (Lipinski definition) is 1. The van der Waals surface area contributed by atoms with E-state index >= 15 is 0 Å². The van der Waals surface area contributed by atoms with E-state index in [1.54, 1.807) is 7.05 Å². The minimum atomic E-state index is -0.873. The molecule has 0 radical (unpaired) electrons. The SMILES string of the molecule is CNC1CC(C)(C)c2c(Cl)cc(F)c(F)c21. The topological polar surface area (TPSA) is 12.0 Å². The molecular weight excluding hydrogens is 232 g/mol. The zero-order valence-corrected chi connectivity index (χ0v) is 10.3. The highest BCUT2D eigenvalue weighted by Crippen LogP contribution is 2.48. The lowest BCUT2D eigenvalue weighted by molar-refractivity contribution is 0.438. The highest BCUT2D eigenvalue weighted by Gasteiger charge is 2.41.